The second-order valence-electron chi connectivity index (χ2n) is 4.96. The highest BCUT2D eigenvalue weighted by molar-refractivity contribution is 5.25. The highest BCUT2D eigenvalue weighted by Gasteiger charge is 2.17. The lowest BCUT2D eigenvalue weighted by Gasteiger charge is -2.22. The van der Waals surface area contributed by atoms with Crippen LogP contribution in [0.25, 0.3) is 0 Å². The van der Waals surface area contributed by atoms with E-state index < -0.39 is 11.9 Å². The van der Waals surface area contributed by atoms with Crippen molar-refractivity contribution in [3.8, 4) is 0 Å². The summed E-state index contributed by atoms with van der Waals surface area (Å²) < 4.78 is 18.8. The van der Waals surface area contributed by atoms with Gasteiger partial charge in [-0.1, -0.05) is 17.7 Å². The average molecular weight is 226 g/mol. The smallest absolute Gasteiger partial charge is 0.129 e. The maximum Gasteiger partial charge on any atom is 0.129 e. The molecule has 0 saturated carbocycles. The minimum atomic E-state index is -0.917. The normalized spacial score (nSPS) is 13.9. The van der Waals surface area contributed by atoms with Gasteiger partial charge in [0.05, 0.1) is 12.2 Å². The Labute approximate surface area is 96.1 Å². The summed E-state index contributed by atoms with van der Waals surface area (Å²) in [5.74, 6) is -0.393. The number of aliphatic hydroxyl groups is 1. The van der Waals surface area contributed by atoms with E-state index in [1.165, 1.54) is 6.07 Å². The van der Waals surface area contributed by atoms with Gasteiger partial charge in [-0.05, 0) is 33.8 Å². The number of hydrogen-bond donors (Lipinski definition) is 1. The average Bonchev–Trinajstić information content (AvgIpc) is 2.17. The summed E-state index contributed by atoms with van der Waals surface area (Å²) in [6.07, 6.45) is -0.917. The third kappa shape index (κ3) is 3.91. The molecule has 1 aromatic rings. The van der Waals surface area contributed by atoms with Gasteiger partial charge in [0.15, 0.2) is 0 Å². The highest BCUT2D eigenvalue weighted by atomic mass is 19.1. The fourth-order valence-corrected chi connectivity index (χ4v) is 1.34. The molecule has 0 spiro atoms. The molecule has 90 valence electrons. The molecule has 0 aliphatic heterocycles. The predicted octanol–water partition coefficient (Wildman–Crippen LogP) is 2.98. The van der Waals surface area contributed by atoms with Gasteiger partial charge in [0, 0.05) is 5.56 Å². The first-order chi connectivity index (χ1) is 7.29. The molecule has 1 atom stereocenters. The standard InChI is InChI=1S/C13H19FO2/c1-9-5-6-11(14)10(7-9)12(15)8-16-13(2,3)4/h5-7,12,15H,8H2,1-4H3. The fourth-order valence-electron chi connectivity index (χ4n) is 1.34. The lowest BCUT2D eigenvalue weighted by molar-refractivity contribution is -0.0504. The molecule has 0 aromatic heterocycles. The molecular weight excluding hydrogens is 207 g/mol. The van der Waals surface area contributed by atoms with E-state index in [0.29, 0.717) is 5.56 Å². The Hall–Kier alpha value is -0.930. The summed E-state index contributed by atoms with van der Waals surface area (Å²) >= 11 is 0. The summed E-state index contributed by atoms with van der Waals surface area (Å²) in [5.41, 5.74) is 0.886. The fraction of sp³-hybridized carbons (Fsp3) is 0.538. The zero-order valence-corrected chi connectivity index (χ0v) is 10.2. The second-order valence-corrected chi connectivity index (χ2v) is 4.96. The molecule has 0 aliphatic carbocycles. The van der Waals surface area contributed by atoms with Gasteiger partial charge in [-0.25, -0.2) is 4.39 Å². The number of ether oxygens (including phenoxy) is 1. The Morgan fingerprint density at radius 3 is 2.56 bits per heavy atom. The van der Waals surface area contributed by atoms with Gasteiger partial charge >= 0.3 is 0 Å². The number of hydrogen-bond acceptors (Lipinski definition) is 2. The maximum absolute atomic E-state index is 13.4. The number of rotatable bonds is 3. The third-order valence-corrected chi connectivity index (χ3v) is 2.18. The molecular formula is C13H19FO2. The van der Waals surface area contributed by atoms with Gasteiger partial charge in [0.1, 0.15) is 11.9 Å². The first-order valence-electron chi connectivity index (χ1n) is 5.37. The second kappa shape index (κ2) is 4.93. The number of benzene rings is 1. The molecule has 0 fully saturated rings. The van der Waals surface area contributed by atoms with E-state index in [4.69, 9.17) is 4.74 Å². The Kier molecular flexibility index (Phi) is 4.05. The molecule has 0 bridgehead atoms. The Morgan fingerprint density at radius 2 is 2.00 bits per heavy atom. The highest BCUT2D eigenvalue weighted by Crippen LogP contribution is 2.20. The van der Waals surface area contributed by atoms with E-state index >= 15 is 0 Å². The molecule has 0 amide bonds. The lowest BCUT2D eigenvalue weighted by Crippen LogP contribution is -2.23. The molecule has 1 N–H and O–H groups in total. The van der Waals surface area contributed by atoms with Crippen molar-refractivity contribution in [3.05, 3.63) is 35.1 Å². The van der Waals surface area contributed by atoms with Gasteiger partial charge in [0.2, 0.25) is 0 Å². The van der Waals surface area contributed by atoms with Gasteiger partial charge in [-0.15, -0.1) is 0 Å². The quantitative estimate of drug-likeness (QED) is 0.858. The summed E-state index contributed by atoms with van der Waals surface area (Å²) in [5, 5.41) is 9.82. The molecule has 3 heteroatoms. The van der Waals surface area contributed by atoms with Crippen LogP contribution in [0.3, 0.4) is 0 Å². The van der Waals surface area contributed by atoms with Gasteiger partial charge in [-0.2, -0.15) is 0 Å². The summed E-state index contributed by atoms with van der Waals surface area (Å²) in [6.45, 7) is 7.65. The van der Waals surface area contributed by atoms with Crippen LogP contribution in [0.2, 0.25) is 0 Å². The maximum atomic E-state index is 13.4. The summed E-state index contributed by atoms with van der Waals surface area (Å²) in [4.78, 5) is 0. The number of halogens is 1. The van der Waals surface area contributed by atoms with Crippen LogP contribution in [0.5, 0.6) is 0 Å². The third-order valence-electron chi connectivity index (χ3n) is 2.18. The van der Waals surface area contributed by atoms with E-state index in [2.05, 4.69) is 0 Å². The molecule has 1 rings (SSSR count). The number of aliphatic hydroxyl groups excluding tert-OH is 1. The molecule has 0 radical (unpaired) electrons. The van der Waals surface area contributed by atoms with Crippen LogP contribution in [0, 0.1) is 12.7 Å². The SMILES string of the molecule is Cc1ccc(F)c(C(O)COC(C)(C)C)c1. The lowest BCUT2D eigenvalue weighted by atomic mass is 10.1. The number of aryl methyl sites for hydroxylation is 1. The van der Waals surface area contributed by atoms with Crippen molar-refractivity contribution in [1.82, 2.24) is 0 Å². The van der Waals surface area contributed by atoms with E-state index in [0.717, 1.165) is 5.56 Å². The molecule has 0 heterocycles. The molecule has 0 aliphatic rings. The van der Waals surface area contributed by atoms with Crippen molar-refractivity contribution >= 4 is 0 Å². The van der Waals surface area contributed by atoms with Gasteiger partial charge in [0.25, 0.3) is 0 Å². The molecule has 1 unspecified atom stereocenters. The van der Waals surface area contributed by atoms with E-state index in [1.807, 2.05) is 27.7 Å². The largest absolute Gasteiger partial charge is 0.386 e. The van der Waals surface area contributed by atoms with Crippen molar-refractivity contribution in [2.75, 3.05) is 6.61 Å². The van der Waals surface area contributed by atoms with Crippen molar-refractivity contribution in [3.63, 3.8) is 0 Å². The first-order valence-corrected chi connectivity index (χ1v) is 5.37. The zero-order valence-electron chi connectivity index (χ0n) is 10.2. The van der Waals surface area contributed by atoms with Gasteiger partial charge in [-0.3, -0.25) is 0 Å². The summed E-state index contributed by atoms with van der Waals surface area (Å²) in [7, 11) is 0. The van der Waals surface area contributed by atoms with Crippen LogP contribution in [-0.2, 0) is 4.74 Å². The Balaban J connectivity index is 2.73. The van der Waals surface area contributed by atoms with Crippen molar-refractivity contribution < 1.29 is 14.2 Å². The van der Waals surface area contributed by atoms with Crippen LogP contribution in [0.15, 0.2) is 18.2 Å². The van der Waals surface area contributed by atoms with E-state index in [9.17, 15) is 9.50 Å². The molecule has 16 heavy (non-hydrogen) atoms. The monoisotopic (exact) mass is 226 g/mol. The van der Waals surface area contributed by atoms with Gasteiger partial charge < -0.3 is 9.84 Å². The first kappa shape index (κ1) is 13.1. The topological polar surface area (TPSA) is 29.5 Å². The molecule has 2 nitrogen and oxygen atoms in total. The zero-order chi connectivity index (χ0) is 12.3. The van der Waals surface area contributed by atoms with E-state index in [1.54, 1.807) is 12.1 Å². The summed E-state index contributed by atoms with van der Waals surface area (Å²) in [6, 6.07) is 4.69. The predicted molar refractivity (Wildman–Crippen MR) is 61.8 cm³/mol. The van der Waals surface area contributed by atoms with Crippen LogP contribution >= 0.6 is 0 Å². The van der Waals surface area contributed by atoms with Crippen LogP contribution in [0.4, 0.5) is 4.39 Å². The molecule has 1 aromatic carbocycles. The van der Waals surface area contributed by atoms with Crippen molar-refractivity contribution in [2.24, 2.45) is 0 Å². The Bertz CT molecular complexity index is 355. The molecule has 0 saturated heterocycles. The van der Waals surface area contributed by atoms with E-state index in [-0.39, 0.29) is 12.2 Å². The Morgan fingerprint density at radius 1 is 1.38 bits per heavy atom. The van der Waals surface area contributed by atoms with Crippen molar-refractivity contribution in [2.45, 2.75) is 39.4 Å². The minimum absolute atomic E-state index is 0.101. The van der Waals surface area contributed by atoms with Crippen molar-refractivity contribution in [1.29, 1.82) is 0 Å². The van der Waals surface area contributed by atoms with Crippen LogP contribution in [-0.4, -0.2) is 17.3 Å². The minimum Gasteiger partial charge on any atom is -0.386 e. The van der Waals surface area contributed by atoms with Crippen LogP contribution < -0.4 is 0 Å². The van der Waals surface area contributed by atoms with Crippen LogP contribution in [0.1, 0.15) is 38.0 Å².